The van der Waals surface area contributed by atoms with Gasteiger partial charge in [-0.3, -0.25) is 0 Å². The second-order valence-corrected chi connectivity index (χ2v) is 23.7. The van der Waals surface area contributed by atoms with Crippen LogP contribution in [0.5, 0.6) is 0 Å². The Morgan fingerprint density at radius 3 is 1.96 bits per heavy atom. The van der Waals surface area contributed by atoms with Crippen LogP contribution < -0.4 is 0 Å². The van der Waals surface area contributed by atoms with E-state index in [1.54, 1.807) is 0 Å². The lowest BCUT2D eigenvalue weighted by Crippen LogP contribution is -2.49. The van der Waals surface area contributed by atoms with Crippen LogP contribution in [0, 0.1) is 0 Å². The molecule has 0 saturated heterocycles. The highest BCUT2D eigenvalue weighted by molar-refractivity contribution is 8.06. The Kier molecular flexibility index (Phi) is 8.71. The van der Waals surface area contributed by atoms with Crippen LogP contribution in [-0.4, -0.2) is 35.0 Å². The fourth-order valence-electron chi connectivity index (χ4n) is 2.63. The SMILES string of the molecule is C=C1[C@H](O[Si](C)(C)C(C)(C)C)C=C(CC[P+](=O)P)C[C@H]1O[Si](C)(C)C(C)(C)C. The minimum Gasteiger partial charge on any atom is -0.410 e. The molecule has 0 fully saturated rings. The van der Waals surface area contributed by atoms with Gasteiger partial charge in [-0.15, -0.1) is 0 Å². The maximum absolute atomic E-state index is 11.7. The molecule has 0 amide bonds. The minimum absolute atomic E-state index is 0.0157. The fourth-order valence-corrected chi connectivity index (χ4v) is 6.04. The van der Waals surface area contributed by atoms with Crippen molar-refractivity contribution < 1.29 is 13.4 Å². The van der Waals surface area contributed by atoms with Gasteiger partial charge in [0.25, 0.3) is 0 Å². The number of hydrogen-bond acceptors (Lipinski definition) is 3. The number of hydrogen-bond donors (Lipinski definition) is 0. The molecule has 0 radical (unpaired) electrons. The Hall–Kier alpha value is 0.364. The quantitative estimate of drug-likeness (QED) is 0.222. The molecule has 1 aliphatic rings. The second kappa shape index (κ2) is 9.24. The van der Waals surface area contributed by atoms with Crippen molar-refractivity contribution in [2.45, 2.75) is 103 Å². The van der Waals surface area contributed by atoms with E-state index in [9.17, 15) is 4.57 Å². The molecule has 0 spiro atoms. The first-order valence-corrected chi connectivity index (χ1v) is 19.2. The van der Waals surface area contributed by atoms with Gasteiger partial charge < -0.3 is 8.85 Å². The summed E-state index contributed by atoms with van der Waals surface area (Å²) in [7, 11) is -2.66. The maximum Gasteiger partial charge on any atom is 0.349 e. The normalized spacial score (nSPS) is 22.9. The van der Waals surface area contributed by atoms with E-state index < -0.39 is 24.1 Å². The van der Waals surface area contributed by atoms with Crippen LogP contribution in [0.1, 0.15) is 54.4 Å². The topological polar surface area (TPSA) is 35.5 Å². The average molecular weight is 462 g/mol. The molecule has 1 rings (SSSR count). The molecule has 28 heavy (non-hydrogen) atoms. The van der Waals surface area contributed by atoms with Crippen molar-refractivity contribution in [3.8, 4) is 0 Å². The molecule has 2 unspecified atom stereocenters. The lowest BCUT2D eigenvalue weighted by Gasteiger charge is -2.45. The van der Waals surface area contributed by atoms with Crippen molar-refractivity contribution in [2.75, 3.05) is 6.16 Å². The summed E-state index contributed by atoms with van der Waals surface area (Å²) in [5, 5.41) is 0.283. The van der Waals surface area contributed by atoms with Gasteiger partial charge in [-0.05, 0) is 48.3 Å². The largest absolute Gasteiger partial charge is 0.410 e. The van der Waals surface area contributed by atoms with Crippen LogP contribution in [0.25, 0.3) is 0 Å². The summed E-state index contributed by atoms with van der Waals surface area (Å²) in [5.41, 5.74) is 2.35. The highest BCUT2D eigenvalue weighted by Crippen LogP contribution is 2.43. The lowest BCUT2D eigenvalue weighted by molar-refractivity contribution is 0.162. The van der Waals surface area contributed by atoms with Crippen LogP contribution in [0.4, 0.5) is 0 Å². The van der Waals surface area contributed by atoms with Crippen molar-refractivity contribution in [1.29, 1.82) is 0 Å². The summed E-state index contributed by atoms with van der Waals surface area (Å²) < 4.78 is 25.2. The third-order valence-electron chi connectivity index (χ3n) is 6.74. The zero-order valence-corrected chi connectivity index (χ0v) is 23.9. The van der Waals surface area contributed by atoms with Gasteiger partial charge in [-0.1, -0.05) is 64.3 Å². The Morgan fingerprint density at radius 2 is 1.54 bits per heavy atom. The molecule has 0 aromatic heterocycles. The Labute approximate surface area is 179 Å². The van der Waals surface area contributed by atoms with Gasteiger partial charge in [-0.2, -0.15) is 0 Å². The fraction of sp³-hybridized carbons (Fsp3) is 0.810. The number of rotatable bonds is 7. The van der Waals surface area contributed by atoms with E-state index in [-0.39, 0.29) is 22.3 Å². The Bertz CT molecular complexity index is 629. The highest BCUT2D eigenvalue weighted by Gasteiger charge is 2.44. The van der Waals surface area contributed by atoms with Gasteiger partial charge >= 0.3 is 7.49 Å². The van der Waals surface area contributed by atoms with E-state index in [2.05, 4.69) is 89.3 Å². The predicted octanol–water partition coefficient (Wildman–Crippen LogP) is 7.66. The van der Waals surface area contributed by atoms with Crippen LogP contribution in [-0.2, 0) is 13.4 Å². The Morgan fingerprint density at radius 1 is 1.07 bits per heavy atom. The second-order valence-electron chi connectivity index (χ2n) is 11.2. The molecule has 0 heterocycles. The maximum atomic E-state index is 11.7. The first-order valence-electron chi connectivity index (χ1n) is 10.3. The van der Waals surface area contributed by atoms with Crippen LogP contribution in [0.3, 0.4) is 0 Å². The van der Waals surface area contributed by atoms with Crippen molar-refractivity contribution in [3.63, 3.8) is 0 Å². The van der Waals surface area contributed by atoms with E-state index in [1.807, 2.05) is 0 Å². The van der Waals surface area contributed by atoms with Crippen molar-refractivity contribution in [1.82, 2.24) is 0 Å². The lowest BCUT2D eigenvalue weighted by atomic mass is 9.90. The molecule has 0 N–H and O–H groups in total. The van der Waals surface area contributed by atoms with E-state index in [4.69, 9.17) is 8.85 Å². The molecule has 0 aliphatic heterocycles. The molecule has 7 heteroatoms. The van der Waals surface area contributed by atoms with Crippen molar-refractivity contribution >= 4 is 33.1 Å². The van der Waals surface area contributed by atoms with Crippen LogP contribution in [0.2, 0.25) is 36.3 Å². The molecule has 0 aromatic rings. The summed E-state index contributed by atoms with van der Waals surface area (Å²) in [6, 6.07) is 0. The molecule has 162 valence electrons. The van der Waals surface area contributed by atoms with Crippen molar-refractivity contribution in [2.24, 2.45) is 0 Å². The zero-order chi connectivity index (χ0) is 22.1. The first-order chi connectivity index (χ1) is 12.4. The standard InChI is InChI=1S/C21H43O3P2Si2/c1-16-18(23-27(8,9)20(2,3)4)14-17(12-13-26(22)25)15-19(16)24-28(10,11)21(5,6)7/h14,18-19H,1,12-13,15,25H2,2-11H3/q+1/t18-,19-/m1/s1. The van der Waals surface area contributed by atoms with Crippen molar-refractivity contribution in [3.05, 3.63) is 23.8 Å². The third kappa shape index (κ3) is 6.96. The smallest absolute Gasteiger partial charge is 0.349 e. The molecule has 1 aliphatic carbocycles. The molecule has 4 atom stereocenters. The summed E-state index contributed by atoms with van der Waals surface area (Å²) in [5.74, 6) is 0. The predicted molar refractivity (Wildman–Crippen MR) is 133 cm³/mol. The molecule has 0 bridgehead atoms. The van der Waals surface area contributed by atoms with Gasteiger partial charge in [-0.25, -0.2) is 0 Å². The highest BCUT2D eigenvalue weighted by atomic mass is 32.0. The molecule has 0 aromatic carbocycles. The summed E-state index contributed by atoms with van der Waals surface area (Å²) >= 11 is 0. The van der Waals surface area contributed by atoms with E-state index >= 15 is 0 Å². The Balaban J connectivity index is 3.17. The summed E-state index contributed by atoms with van der Waals surface area (Å²) in [6.45, 7) is 27.2. The average Bonchev–Trinajstić information content (AvgIpc) is 2.46. The third-order valence-corrected chi connectivity index (χ3v) is 17.1. The molecular weight excluding hydrogens is 418 g/mol. The van der Waals surface area contributed by atoms with E-state index in [0.717, 1.165) is 18.4 Å². The van der Waals surface area contributed by atoms with Gasteiger partial charge in [0.1, 0.15) is 8.93 Å². The monoisotopic (exact) mass is 461 g/mol. The van der Waals surface area contributed by atoms with Gasteiger partial charge in [0, 0.05) is 6.42 Å². The molecule has 0 saturated carbocycles. The minimum atomic E-state index is -1.94. The van der Waals surface area contributed by atoms with Gasteiger partial charge in [0.15, 0.2) is 22.8 Å². The molecular formula is C21H43O3P2Si2+. The van der Waals surface area contributed by atoms with Crippen LogP contribution in [0.15, 0.2) is 23.8 Å². The first kappa shape index (κ1) is 26.4. The van der Waals surface area contributed by atoms with Gasteiger partial charge in [0.2, 0.25) is 0 Å². The summed E-state index contributed by atoms with van der Waals surface area (Å²) in [6.07, 6.45) is 4.48. The van der Waals surface area contributed by atoms with E-state index in [0.29, 0.717) is 6.16 Å². The van der Waals surface area contributed by atoms with Gasteiger partial charge in [0.05, 0.1) is 12.2 Å². The molecule has 3 nitrogen and oxygen atoms in total. The van der Waals surface area contributed by atoms with Crippen LogP contribution >= 0.6 is 16.4 Å². The van der Waals surface area contributed by atoms with E-state index in [1.165, 1.54) is 5.57 Å². The zero-order valence-electron chi connectivity index (χ0n) is 19.8. The summed E-state index contributed by atoms with van der Waals surface area (Å²) in [4.78, 5) is 0.